The molecule has 1 aliphatic heterocycles. The molecule has 0 unspecified atom stereocenters. The molecule has 2 aromatic heterocycles. The fourth-order valence-electron chi connectivity index (χ4n) is 3.24. The van der Waals surface area contributed by atoms with E-state index in [1.54, 1.807) is 13.1 Å². The average Bonchev–Trinajstić information content (AvgIpc) is 2.77. The largest absolute Gasteiger partial charge is 0.356 e. The molecule has 3 heterocycles. The molecule has 0 amide bonds. The number of nitrogens with one attached hydrogen (secondary N) is 3. The number of pyridine rings is 2. The van der Waals surface area contributed by atoms with Gasteiger partial charge in [0.2, 0.25) is 10.0 Å². The van der Waals surface area contributed by atoms with Crippen LogP contribution in [0.4, 0.5) is 5.82 Å². The highest BCUT2D eigenvalue weighted by molar-refractivity contribution is 14.0. The maximum Gasteiger partial charge on any atom is 0.242 e. The fraction of sp³-hybridized carbons (Fsp3) is 0.450. The van der Waals surface area contributed by atoms with Crippen LogP contribution in [0.15, 0.2) is 52.7 Å². The molecule has 0 saturated carbocycles. The van der Waals surface area contributed by atoms with Crippen molar-refractivity contribution in [2.24, 2.45) is 4.99 Å². The number of hydrogen-bond donors (Lipinski definition) is 3. The van der Waals surface area contributed by atoms with Crippen LogP contribution in [-0.2, 0) is 10.0 Å². The molecule has 1 saturated heterocycles. The summed E-state index contributed by atoms with van der Waals surface area (Å²) in [5.74, 6) is 1.69. The van der Waals surface area contributed by atoms with Gasteiger partial charge in [-0.25, -0.2) is 18.1 Å². The second-order valence-electron chi connectivity index (χ2n) is 7.18. The summed E-state index contributed by atoms with van der Waals surface area (Å²) in [6, 6.07) is 7.57. The number of rotatable bonds is 7. The van der Waals surface area contributed by atoms with Gasteiger partial charge in [0.05, 0.1) is 0 Å². The van der Waals surface area contributed by atoms with E-state index in [-0.39, 0.29) is 35.4 Å². The first-order valence-electron chi connectivity index (χ1n) is 10.0. The van der Waals surface area contributed by atoms with Gasteiger partial charge < -0.3 is 15.5 Å². The Morgan fingerprint density at radius 1 is 1.19 bits per heavy atom. The predicted molar refractivity (Wildman–Crippen MR) is 134 cm³/mol. The van der Waals surface area contributed by atoms with E-state index in [1.165, 1.54) is 18.5 Å². The van der Waals surface area contributed by atoms with Gasteiger partial charge in [0.15, 0.2) is 5.96 Å². The normalized spacial score (nSPS) is 15.3. The second-order valence-corrected chi connectivity index (χ2v) is 8.95. The smallest absolute Gasteiger partial charge is 0.242 e. The number of aryl methyl sites for hydroxylation is 1. The van der Waals surface area contributed by atoms with Crippen LogP contribution in [0.2, 0.25) is 0 Å². The molecule has 2 aromatic rings. The Balaban J connectivity index is 0.00000341. The molecule has 31 heavy (non-hydrogen) atoms. The highest BCUT2D eigenvalue weighted by atomic mass is 127. The molecule has 0 bridgehead atoms. The zero-order valence-electron chi connectivity index (χ0n) is 17.8. The van der Waals surface area contributed by atoms with Crippen LogP contribution >= 0.6 is 24.0 Å². The first-order valence-corrected chi connectivity index (χ1v) is 11.5. The fourth-order valence-corrected chi connectivity index (χ4v) is 4.24. The summed E-state index contributed by atoms with van der Waals surface area (Å²) in [4.78, 5) is 15.0. The molecule has 0 atom stereocenters. The van der Waals surface area contributed by atoms with E-state index in [0.29, 0.717) is 18.5 Å². The van der Waals surface area contributed by atoms with Gasteiger partial charge in [-0.15, -0.1) is 24.0 Å². The minimum absolute atomic E-state index is 0. The van der Waals surface area contributed by atoms with E-state index < -0.39 is 10.0 Å². The van der Waals surface area contributed by atoms with E-state index in [0.717, 1.165) is 37.3 Å². The highest BCUT2D eigenvalue weighted by Gasteiger charge is 2.21. The molecule has 170 valence electrons. The quantitative estimate of drug-likeness (QED) is 0.204. The highest BCUT2D eigenvalue weighted by Crippen LogP contribution is 2.18. The van der Waals surface area contributed by atoms with Gasteiger partial charge in [0.1, 0.15) is 10.7 Å². The van der Waals surface area contributed by atoms with Crippen molar-refractivity contribution in [2.45, 2.75) is 30.7 Å². The molecule has 0 radical (unpaired) electrons. The third kappa shape index (κ3) is 7.58. The third-order valence-corrected chi connectivity index (χ3v) is 6.38. The van der Waals surface area contributed by atoms with E-state index in [1.807, 2.05) is 13.1 Å². The lowest BCUT2D eigenvalue weighted by atomic mass is 10.1. The number of aliphatic imine (C=N–C) groups is 1. The minimum Gasteiger partial charge on any atom is -0.356 e. The molecule has 1 aliphatic rings. The number of hydrogen-bond acceptors (Lipinski definition) is 6. The van der Waals surface area contributed by atoms with Crippen LogP contribution in [0.1, 0.15) is 18.4 Å². The van der Waals surface area contributed by atoms with E-state index >= 15 is 0 Å². The maximum atomic E-state index is 12.2. The predicted octanol–water partition coefficient (Wildman–Crippen LogP) is 1.52. The summed E-state index contributed by atoms with van der Waals surface area (Å²) in [5, 5.41) is 6.58. The van der Waals surface area contributed by atoms with Gasteiger partial charge in [0.25, 0.3) is 0 Å². The van der Waals surface area contributed by atoms with Crippen molar-refractivity contribution in [3.05, 3.63) is 48.4 Å². The summed E-state index contributed by atoms with van der Waals surface area (Å²) in [6.45, 7) is 4.56. The van der Waals surface area contributed by atoms with Gasteiger partial charge in [-0.3, -0.25) is 9.98 Å². The number of piperidine rings is 1. The molecule has 0 spiro atoms. The van der Waals surface area contributed by atoms with Crippen molar-refractivity contribution in [3.63, 3.8) is 0 Å². The van der Waals surface area contributed by atoms with Gasteiger partial charge in [-0.1, -0.05) is 6.07 Å². The number of sulfonamides is 1. The van der Waals surface area contributed by atoms with Gasteiger partial charge >= 0.3 is 0 Å². The van der Waals surface area contributed by atoms with Crippen molar-refractivity contribution in [2.75, 3.05) is 38.1 Å². The van der Waals surface area contributed by atoms with Crippen LogP contribution < -0.4 is 20.3 Å². The first-order chi connectivity index (χ1) is 14.5. The molecule has 3 N–H and O–H groups in total. The Hall–Kier alpha value is -1.99. The molecule has 0 aliphatic carbocycles. The van der Waals surface area contributed by atoms with Gasteiger partial charge in [0, 0.05) is 57.9 Å². The van der Waals surface area contributed by atoms with E-state index in [9.17, 15) is 8.42 Å². The van der Waals surface area contributed by atoms with E-state index in [4.69, 9.17) is 0 Å². The van der Waals surface area contributed by atoms with Crippen LogP contribution in [0, 0.1) is 6.92 Å². The number of halogens is 1. The van der Waals surface area contributed by atoms with Crippen molar-refractivity contribution in [3.8, 4) is 0 Å². The summed E-state index contributed by atoms with van der Waals surface area (Å²) >= 11 is 0. The van der Waals surface area contributed by atoms with Crippen LogP contribution in [0.3, 0.4) is 0 Å². The summed E-state index contributed by atoms with van der Waals surface area (Å²) in [6.07, 6.45) is 6.72. The monoisotopic (exact) mass is 559 g/mol. The van der Waals surface area contributed by atoms with Gasteiger partial charge in [-0.05, 0) is 43.5 Å². The molecular formula is C20H30IN7O2S. The Morgan fingerprint density at radius 2 is 1.97 bits per heavy atom. The van der Waals surface area contributed by atoms with Crippen molar-refractivity contribution < 1.29 is 8.42 Å². The Bertz CT molecular complexity index is 932. The first kappa shape index (κ1) is 25.3. The molecule has 1 fully saturated rings. The molecule has 3 rings (SSSR count). The second kappa shape index (κ2) is 12.2. The summed E-state index contributed by atoms with van der Waals surface area (Å²) in [5.41, 5.74) is 1.16. The Morgan fingerprint density at radius 3 is 2.58 bits per heavy atom. The zero-order chi connectivity index (χ0) is 21.4. The van der Waals surface area contributed by atoms with Crippen LogP contribution in [-0.4, -0.2) is 63.6 Å². The van der Waals surface area contributed by atoms with Crippen molar-refractivity contribution in [1.29, 1.82) is 0 Å². The topological polar surface area (TPSA) is 112 Å². The summed E-state index contributed by atoms with van der Waals surface area (Å²) < 4.78 is 26.9. The van der Waals surface area contributed by atoms with Crippen LogP contribution in [0.25, 0.3) is 0 Å². The molecule has 0 aromatic carbocycles. The summed E-state index contributed by atoms with van der Waals surface area (Å²) in [7, 11) is -1.84. The third-order valence-electron chi connectivity index (χ3n) is 4.93. The minimum atomic E-state index is -3.55. The number of anilines is 1. The van der Waals surface area contributed by atoms with E-state index in [2.05, 4.69) is 47.3 Å². The Labute approximate surface area is 201 Å². The number of aromatic nitrogens is 2. The van der Waals surface area contributed by atoms with Crippen molar-refractivity contribution in [1.82, 2.24) is 25.3 Å². The van der Waals surface area contributed by atoms with Crippen LogP contribution in [0.5, 0.6) is 0 Å². The zero-order valence-corrected chi connectivity index (χ0v) is 20.9. The van der Waals surface area contributed by atoms with Gasteiger partial charge in [-0.2, -0.15) is 0 Å². The molecule has 9 nitrogen and oxygen atoms in total. The number of guanidine groups is 1. The lowest BCUT2D eigenvalue weighted by molar-refractivity contribution is 0.459. The molecular weight excluding hydrogens is 529 g/mol. The molecule has 11 heteroatoms. The SMILES string of the molecule is CN=C(NCCNS(=O)(=O)c1cccnc1)NC1CCN(c2ccc(C)cn2)CC1.I. The maximum absolute atomic E-state index is 12.2. The van der Waals surface area contributed by atoms with Crippen molar-refractivity contribution >= 4 is 45.8 Å². The standard InChI is InChI=1S/C20H29N7O2S.HI/c1-16-5-6-19(24-14-16)27-12-7-17(8-13-27)26-20(21-2)23-10-11-25-30(28,29)18-4-3-9-22-15-18;/h3-6,9,14-15,17,25H,7-8,10-13H2,1-2H3,(H2,21,23,26);1H. The number of nitrogens with zero attached hydrogens (tertiary/aromatic N) is 4. The Kier molecular flexibility index (Phi) is 9.91. The lowest BCUT2D eigenvalue weighted by Gasteiger charge is -2.33. The lowest BCUT2D eigenvalue weighted by Crippen LogP contribution is -2.49. The average molecular weight is 559 g/mol.